The highest BCUT2D eigenvalue weighted by Crippen LogP contribution is 2.59. The first-order chi connectivity index (χ1) is 9.25. The maximum atomic E-state index is 12.4. The van der Waals surface area contributed by atoms with E-state index in [-0.39, 0.29) is 5.92 Å². The van der Waals surface area contributed by atoms with E-state index in [0.29, 0.717) is 17.6 Å². The second-order valence-electron chi connectivity index (χ2n) is 5.91. The Kier molecular flexibility index (Phi) is 3.39. The molecule has 1 aromatic heterocycles. The van der Waals surface area contributed by atoms with Gasteiger partial charge in [-0.05, 0) is 44.2 Å². The molecule has 1 spiro atoms. The van der Waals surface area contributed by atoms with Crippen LogP contribution < -0.4 is 5.32 Å². The summed E-state index contributed by atoms with van der Waals surface area (Å²) in [6.07, 6.45) is 6.44. The van der Waals surface area contributed by atoms with Gasteiger partial charge in [0.2, 0.25) is 0 Å². The van der Waals surface area contributed by atoms with Crippen molar-refractivity contribution in [3.05, 3.63) is 12.2 Å². The lowest BCUT2D eigenvalue weighted by atomic mass is 9.90. The van der Waals surface area contributed by atoms with Gasteiger partial charge in [0, 0.05) is 12.5 Å². The summed E-state index contributed by atoms with van der Waals surface area (Å²) in [4.78, 5) is 16.6. The number of piperidine rings is 1. The van der Waals surface area contributed by atoms with Crippen LogP contribution in [0.3, 0.4) is 0 Å². The number of carbonyl (C=O) groups excluding carboxylic acids is 1. The molecule has 1 saturated heterocycles. The zero-order valence-corrected chi connectivity index (χ0v) is 11.6. The van der Waals surface area contributed by atoms with Crippen LogP contribution in [0.1, 0.15) is 38.4 Å². The Morgan fingerprint density at radius 3 is 3.05 bits per heavy atom. The number of Topliss-reactive ketones (excluding diaryl/α,β-unsaturated/α-hetero) is 1. The number of hydrogen-bond donors (Lipinski definition) is 1. The summed E-state index contributed by atoms with van der Waals surface area (Å²) in [5.74, 6) is 1.48. The van der Waals surface area contributed by atoms with Gasteiger partial charge in [0.15, 0.2) is 0 Å². The minimum absolute atomic E-state index is 0.279. The Morgan fingerprint density at radius 1 is 1.53 bits per heavy atom. The van der Waals surface area contributed by atoms with Crippen molar-refractivity contribution < 1.29 is 4.79 Å². The molecule has 104 valence electrons. The van der Waals surface area contributed by atoms with E-state index in [1.165, 1.54) is 0 Å². The van der Waals surface area contributed by atoms with Crippen LogP contribution in [0, 0.1) is 11.3 Å². The van der Waals surface area contributed by atoms with E-state index >= 15 is 0 Å². The molecule has 5 nitrogen and oxygen atoms in total. The average Bonchev–Trinajstić information content (AvgIpc) is 2.92. The van der Waals surface area contributed by atoms with Gasteiger partial charge in [0.25, 0.3) is 0 Å². The number of nitrogens with one attached hydrogen (secondary N) is 1. The highest BCUT2D eigenvalue weighted by Gasteiger charge is 2.57. The van der Waals surface area contributed by atoms with Crippen molar-refractivity contribution in [2.24, 2.45) is 11.3 Å². The van der Waals surface area contributed by atoms with Crippen molar-refractivity contribution in [2.75, 3.05) is 13.1 Å². The molecule has 2 aliphatic rings. The molecule has 19 heavy (non-hydrogen) atoms. The number of aromatic nitrogens is 3. The fourth-order valence-corrected chi connectivity index (χ4v) is 3.38. The highest BCUT2D eigenvalue weighted by molar-refractivity contribution is 5.86. The smallest absolute Gasteiger partial charge is 0.144 e. The molecule has 0 bridgehead atoms. The molecule has 3 rings (SSSR count). The van der Waals surface area contributed by atoms with Crippen molar-refractivity contribution in [3.8, 4) is 0 Å². The summed E-state index contributed by atoms with van der Waals surface area (Å²) >= 11 is 0. The molecule has 1 N–H and O–H groups in total. The van der Waals surface area contributed by atoms with Crippen molar-refractivity contribution in [1.29, 1.82) is 0 Å². The predicted octanol–water partition coefficient (Wildman–Crippen LogP) is 1.19. The molecule has 1 aliphatic carbocycles. The molecular weight excluding hydrogens is 240 g/mol. The summed E-state index contributed by atoms with van der Waals surface area (Å²) in [6, 6.07) is 0. The maximum Gasteiger partial charge on any atom is 0.144 e. The van der Waals surface area contributed by atoms with Crippen LogP contribution in [0.5, 0.6) is 0 Å². The molecular formula is C14H22N4O. The molecule has 2 heterocycles. The first-order valence-electron chi connectivity index (χ1n) is 7.35. The standard InChI is InChI=1S/C14H22N4O/c1-2-7-18-13(16-10-17-18)8-12(19)11-9-14(11)3-5-15-6-4-14/h10-11,15H,2-9H2,1H3. The minimum atomic E-state index is 0.279. The van der Waals surface area contributed by atoms with Gasteiger partial charge in [-0.3, -0.25) is 4.79 Å². The molecule has 0 radical (unpaired) electrons. The van der Waals surface area contributed by atoms with E-state index in [1.54, 1.807) is 6.33 Å². The number of carbonyl (C=O) groups is 1. The largest absolute Gasteiger partial charge is 0.317 e. The third-order valence-corrected chi connectivity index (χ3v) is 4.64. The van der Waals surface area contributed by atoms with Crippen LogP contribution in [0.15, 0.2) is 6.33 Å². The fraction of sp³-hybridized carbons (Fsp3) is 0.786. The Morgan fingerprint density at radius 2 is 2.32 bits per heavy atom. The summed E-state index contributed by atoms with van der Waals surface area (Å²) in [5, 5.41) is 7.56. The number of nitrogens with zero attached hydrogens (tertiary/aromatic N) is 3. The molecule has 5 heteroatoms. The third-order valence-electron chi connectivity index (χ3n) is 4.64. The SMILES string of the molecule is CCCn1ncnc1CC(=O)C1CC12CCNCC2. The van der Waals surface area contributed by atoms with E-state index in [1.807, 2.05) is 4.68 Å². The first-order valence-corrected chi connectivity index (χ1v) is 7.35. The lowest BCUT2D eigenvalue weighted by Gasteiger charge is -2.23. The van der Waals surface area contributed by atoms with E-state index in [0.717, 1.165) is 51.1 Å². The van der Waals surface area contributed by atoms with Gasteiger partial charge in [-0.1, -0.05) is 6.92 Å². The van der Waals surface area contributed by atoms with Crippen molar-refractivity contribution in [1.82, 2.24) is 20.1 Å². The van der Waals surface area contributed by atoms with Gasteiger partial charge >= 0.3 is 0 Å². The Balaban J connectivity index is 1.61. The van der Waals surface area contributed by atoms with Crippen LogP contribution in [-0.4, -0.2) is 33.6 Å². The second kappa shape index (κ2) is 5.04. The number of hydrogen-bond acceptors (Lipinski definition) is 4. The van der Waals surface area contributed by atoms with Crippen LogP contribution in [0.25, 0.3) is 0 Å². The topological polar surface area (TPSA) is 59.8 Å². The summed E-state index contributed by atoms with van der Waals surface area (Å²) in [7, 11) is 0. The fourth-order valence-electron chi connectivity index (χ4n) is 3.38. The quantitative estimate of drug-likeness (QED) is 0.866. The zero-order valence-electron chi connectivity index (χ0n) is 11.6. The van der Waals surface area contributed by atoms with Gasteiger partial charge in [-0.25, -0.2) is 9.67 Å². The molecule has 1 saturated carbocycles. The summed E-state index contributed by atoms with van der Waals surface area (Å²) in [6.45, 7) is 5.09. The number of aryl methyl sites for hydroxylation is 1. The molecule has 1 aromatic rings. The van der Waals surface area contributed by atoms with Gasteiger partial charge in [0.05, 0.1) is 6.42 Å². The van der Waals surface area contributed by atoms with Gasteiger partial charge in [-0.15, -0.1) is 0 Å². The third kappa shape index (κ3) is 2.43. The van der Waals surface area contributed by atoms with Crippen LogP contribution in [0.2, 0.25) is 0 Å². The number of ketones is 1. The average molecular weight is 262 g/mol. The van der Waals surface area contributed by atoms with Crippen molar-refractivity contribution in [2.45, 2.75) is 45.6 Å². The zero-order chi connectivity index (χ0) is 13.3. The summed E-state index contributed by atoms with van der Waals surface area (Å²) < 4.78 is 1.87. The lowest BCUT2D eigenvalue weighted by molar-refractivity contribution is -0.120. The Hall–Kier alpha value is -1.23. The van der Waals surface area contributed by atoms with Gasteiger partial charge in [0.1, 0.15) is 17.9 Å². The van der Waals surface area contributed by atoms with Gasteiger partial charge in [-0.2, -0.15) is 5.10 Å². The van der Waals surface area contributed by atoms with E-state index < -0.39 is 0 Å². The van der Waals surface area contributed by atoms with Crippen LogP contribution >= 0.6 is 0 Å². The van der Waals surface area contributed by atoms with Crippen LogP contribution in [-0.2, 0) is 17.8 Å². The lowest BCUT2D eigenvalue weighted by Crippen LogP contribution is -2.31. The van der Waals surface area contributed by atoms with Crippen molar-refractivity contribution >= 4 is 5.78 Å². The van der Waals surface area contributed by atoms with E-state index in [2.05, 4.69) is 22.3 Å². The number of rotatable bonds is 5. The Bertz CT molecular complexity index is 462. The van der Waals surface area contributed by atoms with E-state index in [4.69, 9.17) is 0 Å². The first kappa shape index (κ1) is 12.8. The van der Waals surface area contributed by atoms with Crippen molar-refractivity contribution in [3.63, 3.8) is 0 Å². The van der Waals surface area contributed by atoms with Gasteiger partial charge < -0.3 is 5.32 Å². The molecule has 2 fully saturated rings. The predicted molar refractivity (Wildman–Crippen MR) is 71.7 cm³/mol. The minimum Gasteiger partial charge on any atom is -0.317 e. The summed E-state index contributed by atoms with van der Waals surface area (Å²) in [5.41, 5.74) is 0.331. The van der Waals surface area contributed by atoms with Crippen LogP contribution in [0.4, 0.5) is 0 Å². The highest BCUT2D eigenvalue weighted by atomic mass is 16.1. The molecule has 1 atom stereocenters. The molecule has 1 unspecified atom stereocenters. The molecule has 1 aliphatic heterocycles. The van der Waals surface area contributed by atoms with E-state index in [9.17, 15) is 4.79 Å². The normalized spacial score (nSPS) is 24.6. The monoisotopic (exact) mass is 262 g/mol. The molecule has 0 aromatic carbocycles. The molecule has 0 amide bonds. The second-order valence-corrected chi connectivity index (χ2v) is 5.91. The Labute approximate surface area is 113 Å². The maximum absolute atomic E-state index is 12.4.